The Morgan fingerprint density at radius 3 is 2.51 bits per heavy atom. The number of carbonyl (C=O) groups is 1. The Bertz CT molecular complexity index is 1740. The second-order valence-electron chi connectivity index (χ2n) is 12.6. The van der Waals surface area contributed by atoms with Crippen LogP contribution in [0.5, 0.6) is 5.75 Å². The van der Waals surface area contributed by atoms with Gasteiger partial charge in [-0.15, -0.1) is 0 Å². The molecule has 1 fully saturated rings. The first-order valence-corrected chi connectivity index (χ1v) is 16.4. The minimum absolute atomic E-state index is 0.0181. The SMILES string of the molecule is CC/C(=C(/c1ccc(OCCN(C/C=C/C#N)C(=O)OC(C)(C)C)cc1)c1ccc2c(cnn2C2CCCCO2)c1)c1ccccc1. The number of nitrogens with zero attached hydrogens (tertiary/aromatic N) is 4. The van der Waals surface area contributed by atoms with Gasteiger partial charge in [0.05, 0.1) is 24.3 Å². The topological polar surface area (TPSA) is 89.6 Å². The summed E-state index contributed by atoms with van der Waals surface area (Å²) in [7, 11) is 0. The molecule has 0 spiro atoms. The van der Waals surface area contributed by atoms with Gasteiger partial charge in [0.15, 0.2) is 6.23 Å². The summed E-state index contributed by atoms with van der Waals surface area (Å²) in [5, 5.41) is 14.7. The zero-order chi connectivity index (χ0) is 33.2. The van der Waals surface area contributed by atoms with Gasteiger partial charge in [0.2, 0.25) is 0 Å². The van der Waals surface area contributed by atoms with Crippen molar-refractivity contribution in [2.24, 2.45) is 0 Å². The third-order valence-electron chi connectivity index (χ3n) is 8.03. The Hall–Kier alpha value is -4.87. The van der Waals surface area contributed by atoms with Gasteiger partial charge >= 0.3 is 6.09 Å². The molecule has 0 saturated carbocycles. The molecule has 244 valence electrons. The Labute approximate surface area is 277 Å². The second-order valence-corrected chi connectivity index (χ2v) is 12.6. The molecule has 8 nitrogen and oxygen atoms in total. The molecule has 1 amide bonds. The Balaban J connectivity index is 1.40. The van der Waals surface area contributed by atoms with E-state index >= 15 is 0 Å². The summed E-state index contributed by atoms with van der Waals surface area (Å²) >= 11 is 0. The number of fused-ring (bicyclic) bond motifs is 1. The first-order chi connectivity index (χ1) is 22.8. The van der Waals surface area contributed by atoms with Gasteiger partial charge in [0.1, 0.15) is 18.0 Å². The predicted octanol–water partition coefficient (Wildman–Crippen LogP) is 8.80. The fourth-order valence-electron chi connectivity index (χ4n) is 5.84. The number of ether oxygens (including phenoxy) is 3. The smallest absolute Gasteiger partial charge is 0.410 e. The van der Waals surface area contributed by atoms with Crippen LogP contribution in [0.25, 0.3) is 22.0 Å². The van der Waals surface area contributed by atoms with E-state index in [0.717, 1.165) is 59.9 Å². The maximum atomic E-state index is 12.7. The lowest BCUT2D eigenvalue weighted by Crippen LogP contribution is -2.39. The van der Waals surface area contributed by atoms with E-state index < -0.39 is 11.7 Å². The number of aromatic nitrogens is 2. The maximum absolute atomic E-state index is 12.7. The molecular formula is C39H44N4O4. The highest BCUT2D eigenvalue weighted by Crippen LogP contribution is 2.37. The Morgan fingerprint density at radius 1 is 1.06 bits per heavy atom. The van der Waals surface area contributed by atoms with Crippen molar-refractivity contribution < 1.29 is 19.0 Å². The molecule has 0 N–H and O–H groups in total. The van der Waals surface area contributed by atoms with Crippen molar-refractivity contribution in [3.05, 3.63) is 108 Å². The predicted molar refractivity (Wildman–Crippen MR) is 186 cm³/mol. The average molecular weight is 633 g/mol. The number of hydrogen-bond donors (Lipinski definition) is 0. The Kier molecular flexibility index (Phi) is 11.1. The lowest BCUT2D eigenvalue weighted by atomic mass is 9.88. The van der Waals surface area contributed by atoms with Gasteiger partial charge in [0.25, 0.3) is 0 Å². The summed E-state index contributed by atoms with van der Waals surface area (Å²) in [5.74, 6) is 0.701. The zero-order valence-corrected chi connectivity index (χ0v) is 27.8. The molecule has 0 radical (unpaired) electrons. The van der Waals surface area contributed by atoms with Gasteiger partial charge in [-0.2, -0.15) is 10.4 Å². The number of nitriles is 1. The summed E-state index contributed by atoms with van der Waals surface area (Å²) in [6.07, 6.45) is 8.54. The van der Waals surface area contributed by atoms with Gasteiger partial charge in [-0.1, -0.05) is 61.5 Å². The highest BCUT2D eigenvalue weighted by Gasteiger charge is 2.22. The lowest BCUT2D eigenvalue weighted by molar-refractivity contribution is -0.0366. The summed E-state index contributed by atoms with van der Waals surface area (Å²) in [6.45, 7) is 9.29. The minimum atomic E-state index is -0.623. The van der Waals surface area contributed by atoms with Crippen LogP contribution in [0.2, 0.25) is 0 Å². The quantitative estimate of drug-likeness (QED) is 0.121. The van der Waals surface area contributed by atoms with Crippen LogP contribution in [0.15, 0.2) is 91.1 Å². The number of allylic oxidation sites excluding steroid dienone is 2. The molecule has 0 aliphatic carbocycles. The van der Waals surface area contributed by atoms with E-state index in [1.54, 1.807) is 6.08 Å². The summed E-state index contributed by atoms with van der Waals surface area (Å²) in [4.78, 5) is 14.3. The minimum Gasteiger partial charge on any atom is -0.492 e. The van der Waals surface area contributed by atoms with E-state index in [-0.39, 0.29) is 19.4 Å². The van der Waals surface area contributed by atoms with Crippen molar-refractivity contribution in [2.45, 2.75) is 65.2 Å². The number of rotatable bonds is 11. The van der Waals surface area contributed by atoms with E-state index in [9.17, 15) is 4.79 Å². The van der Waals surface area contributed by atoms with E-state index in [1.165, 1.54) is 22.1 Å². The van der Waals surface area contributed by atoms with Crippen molar-refractivity contribution in [3.63, 3.8) is 0 Å². The lowest BCUT2D eigenvalue weighted by Gasteiger charge is -2.26. The standard InChI is InChI=1S/C39H44N4O4/c1-5-34(29-13-7-6-8-14-29)37(31-18-21-35-32(27-31)28-41-43(35)36-15-9-12-25-46-36)30-16-19-33(20-17-30)45-26-24-42(23-11-10-22-40)38(44)47-39(2,3)4/h6-8,10-11,13-14,16-21,27-28,36H,5,9,12,15,23-26H2,1-4H3/b11-10+,37-34+. The van der Waals surface area contributed by atoms with E-state index in [0.29, 0.717) is 12.3 Å². The van der Waals surface area contributed by atoms with E-state index in [2.05, 4.69) is 61.5 Å². The van der Waals surface area contributed by atoms with Gasteiger partial charge in [-0.3, -0.25) is 0 Å². The summed E-state index contributed by atoms with van der Waals surface area (Å²) in [5.41, 5.74) is 6.25. The zero-order valence-electron chi connectivity index (χ0n) is 27.8. The van der Waals surface area contributed by atoms with Crippen LogP contribution in [-0.4, -0.2) is 52.7 Å². The van der Waals surface area contributed by atoms with Crippen molar-refractivity contribution in [2.75, 3.05) is 26.3 Å². The fourth-order valence-corrected chi connectivity index (χ4v) is 5.84. The summed E-state index contributed by atoms with van der Waals surface area (Å²) < 4.78 is 19.7. The number of carbonyl (C=O) groups excluding carboxylic acids is 1. The van der Waals surface area contributed by atoms with Gasteiger partial charge < -0.3 is 19.1 Å². The average Bonchev–Trinajstić information content (AvgIpc) is 3.50. The molecule has 1 aliphatic heterocycles. The summed E-state index contributed by atoms with van der Waals surface area (Å²) in [6, 6.07) is 27.2. The van der Waals surface area contributed by atoms with Gasteiger partial charge in [-0.05, 0) is 98.6 Å². The molecule has 47 heavy (non-hydrogen) atoms. The third-order valence-corrected chi connectivity index (χ3v) is 8.03. The van der Waals surface area contributed by atoms with E-state index in [4.69, 9.17) is 24.6 Å². The van der Waals surface area contributed by atoms with Gasteiger partial charge in [0, 0.05) is 24.6 Å². The highest BCUT2D eigenvalue weighted by molar-refractivity contribution is 6.00. The van der Waals surface area contributed by atoms with Crippen molar-refractivity contribution in [1.29, 1.82) is 5.26 Å². The molecule has 4 aromatic rings. The molecule has 1 unspecified atom stereocenters. The number of hydrogen-bond acceptors (Lipinski definition) is 6. The third kappa shape index (κ3) is 8.69. The second kappa shape index (κ2) is 15.6. The molecular weight excluding hydrogens is 588 g/mol. The van der Waals surface area contributed by atoms with Crippen LogP contribution in [0.1, 0.15) is 76.3 Å². The molecule has 0 bridgehead atoms. The maximum Gasteiger partial charge on any atom is 0.410 e. The fraction of sp³-hybridized carbons (Fsp3) is 0.359. The molecule has 5 rings (SSSR count). The number of amides is 1. The molecule has 3 aromatic carbocycles. The molecule has 1 aromatic heterocycles. The van der Waals surface area contributed by atoms with Crippen molar-refractivity contribution in [3.8, 4) is 11.8 Å². The Morgan fingerprint density at radius 2 is 1.83 bits per heavy atom. The first kappa shape index (κ1) is 33.5. The molecule has 1 atom stereocenters. The normalized spacial score (nSPS) is 15.7. The molecule has 1 saturated heterocycles. The number of benzene rings is 3. The van der Waals surface area contributed by atoms with Crippen LogP contribution in [0.3, 0.4) is 0 Å². The van der Waals surface area contributed by atoms with Crippen molar-refractivity contribution >= 4 is 28.1 Å². The monoisotopic (exact) mass is 632 g/mol. The van der Waals surface area contributed by atoms with Crippen LogP contribution in [0.4, 0.5) is 4.79 Å². The highest BCUT2D eigenvalue weighted by atomic mass is 16.6. The van der Waals surface area contributed by atoms with Crippen LogP contribution >= 0.6 is 0 Å². The van der Waals surface area contributed by atoms with E-state index in [1.807, 2.05) is 55.9 Å². The molecule has 1 aliphatic rings. The van der Waals surface area contributed by atoms with Gasteiger partial charge in [-0.25, -0.2) is 9.48 Å². The first-order valence-electron chi connectivity index (χ1n) is 16.4. The molecule has 2 heterocycles. The molecule has 8 heteroatoms. The largest absolute Gasteiger partial charge is 0.492 e. The van der Waals surface area contributed by atoms with Crippen LogP contribution < -0.4 is 4.74 Å². The van der Waals surface area contributed by atoms with Crippen molar-refractivity contribution in [1.82, 2.24) is 14.7 Å². The van der Waals surface area contributed by atoms with Crippen LogP contribution in [-0.2, 0) is 9.47 Å². The van der Waals surface area contributed by atoms with Crippen LogP contribution in [0, 0.1) is 11.3 Å².